The average molecular weight is 428 g/mol. The molecule has 1 saturated heterocycles. The van der Waals surface area contributed by atoms with E-state index in [1.807, 2.05) is 7.05 Å². The molecule has 0 unspecified atom stereocenters. The van der Waals surface area contributed by atoms with E-state index in [0.717, 1.165) is 59.3 Å². The Labute approximate surface area is 168 Å². The van der Waals surface area contributed by atoms with Crippen molar-refractivity contribution in [2.45, 2.75) is 43.4 Å². The molecule has 10 heteroatoms. The second-order valence-electron chi connectivity index (χ2n) is 7.56. The molecule has 1 aromatic heterocycles. The van der Waals surface area contributed by atoms with Crippen LogP contribution in [-0.4, -0.2) is 47.0 Å². The summed E-state index contributed by atoms with van der Waals surface area (Å²) in [4.78, 5) is 1.58. The van der Waals surface area contributed by atoms with Crippen LogP contribution in [0.5, 0.6) is 0 Å². The lowest BCUT2D eigenvalue weighted by molar-refractivity contribution is -0.139. The Hall–Kier alpha value is -1.91. The number of alkyl halides is 3. The highest BCUT2D eigenvalue weighted by molar-refractivity contribution is 7.89. The van der Waals surface area contributed by atoms with Crippen molar-refractivity contribution < 1.29 is 21.6 Å². The lowest BCUT2D eigenvalue weighted by atomic mass is 10.1. The van der Waals surface area contributed by atoms with Crippen LogP contribution in [0.25, 0.3) is 0 Å². The van der Waals surface area contributed by atoms with Gasteiger partial charge in [0.05, 0.1) is 16.2 Å². The van der Waals surface area contributed by atoms with Gasteiger partial charge in [0.2, 0.25) is 10.0 Å². The quantitative estimate of drug-likeness (QED) is 0.752. The number of sulfonamides is 1. The normalized spacial score (nSPS) is 18.9. The fourth-order valence-corrected chi connectivity index (χ4v) is 5.82. The first-order valence-electron chi connectivity index (χ1n) is 9.60. The first kappa shape index (κ1) is 20.4. The van der Waals surface area contributed by atoms with E-state index in [4.69, 9.17) is 0 Å². The van der Waals surface area contributed by atoms with Gasteiger partial charge in [0, 0.05) is 44.4 Å². The molecule has 0 amide bonds. The molecule has 0 spiro atoms. The smallest absolute Gasteiger partial charge is 0.297 e. The predicted molar refractivity (Wildman–Crippen MR) is 100 cm³/mol. The van der Waals surface area contributed by atoms with Crippen LogP contribution in [0.1, 0.15) is 35.4 Å². The highest BCUT2D eigenvalue weighted by Crippen LogP contribution is 2.36. The van der Waals surface area contributed by atoms with Crippen molar-refractivity contribution >= 4 is 10.0 Å². The first-order valence-corrected chi connectivity index (χ1v) is 11.0. The number of fused-ring (bicyclic) bond motifs is 1. The van der Waals surface area contributed by atoms with E-state index >= 15 is 0 Å². The zero-order valence-electron chi connectivity index (χ0n) is 16.1. The van der Waals surface area contributed by atoms with Crippen molar-refractivity contribution in [3.8, 4) is 0 Å². The van der Waals surface area contributed by atoms with Gasteiger partial charge in [-0.3, -0.25) is 9.58 Å². The van der Waals surface area contributed by atoms with Crippen LogP contribution >= 0.6 is 0 Å². The minimum Gasteiger partial charge on any atom is -0.297 e. The predicted octanol–water partition coefficient (Wildman–Crippen LogP) is 2.78. The molecule has 3 heterocycles. The van der Waals surface area contributed by atoms with Crippen molar-refractivity contribution in [1.82, 2.24) is 19.0 Å². The number of benzene rings is 1. The van der Waals surface area contributed by atoms with E-state index in [1.165, 1.54) is 12.1 Å². The summed E-state index contributed by atoms with van der Waals surface area (Å²) in [5, 5.41) is 4.58. The van der Waals surface area contributed by atoms with Crippen LogP contribution in [-0.2, 0) is 42.8 Å². The van der Waals surface area contributed by atoms with Gasteiger partial charge in [-0.1, -0.05) is 12.1 Å². The molecule has 2 aliphatic rings. The summed E-state index contributed by atoms with van der Waals surface area (Å²) < 4.78 is 69.3. The van der Waals surface area contributed by atoms with Crippen molar-refractivity contribution in [2.24, 2.45) is 7.05 Å². The SMILES string of the molecule is Cn1nc(CN2CCCC2)c2c1CCN(S(=O)(=O)c1ccccc1C(F)(F)F)C2. The molecule has 0 N–H and O–H groups in total. The van der Waals surface area contributed by atoms with Crippen LogP contribution < -0.4 is 0 Å². The maximum absolute atomic E-state index is 13.4. The molecular formula is C19H23F3N4O2S. The second-order valence-corrected chi connectivity index (χ2v) is 9.47. The summed E-state index contributed by atoms with van der Waals surface area (Å²) in [6, 6.07) is 4.36. The molecule has 1 aromatic carbocycles. The molecule has 1 fully saturated rings. The number of likely N-dealkylation sites (tertiary alicyclic amines) is 1. The summed E-state index contributed by atoms with van der Waals surface area (Å²) in [5.74, 6) is 0. The largest absolute Gasteiger partial charge is 0.417 e. The molecule has 2 aromatic rings. The lowest BCUT2D eigenvalue weighted by Crippen LogP contribution is -2.37. The molecular weight excluding hydrogens is 405 g/mol. The minimum absolute atomic E-state index is 0.0425. The zero-order valence-corrected chi connectivity index (χ0v) is 16.9. The Bertz CT molecular complexity index is 1010. The summed E-state index contributed by atoms with van der Waals surface area (Å²) in [6.45, 7) is 2.76. The third-order valence-corrected chi connectivity index (χ3v) is 7.58. The number of hydrogen-bond donors (Lipinski definition) is 0. The Morgan fingerprint density at radius 1 is 1.10 bits per heavy atom. The maximum Gasteiger partial charge on any atom is 0.417 e. The van der Waals surface area contributed by atoms with Gasteiger partial charge in [-0.15, -0.1) is 0 Å². The number of nitrogens with zero attached hydrogens (tertiary/aromatic N) is 4. The Balaban J connectivity index is 1.66. The Kier molecular flexibility index (Phi) is 5.20. The molecule has 0 aliphatic carbocycles. The van der Waals surface area contributed by atoms with E-state index in [2.05, 4.69) is 10.00 Å². The van der Waals surface area contributed by atoms with Crippen molar-refractivity contribution in [2.75, 3.05) is 19.6 Å². The monoisotopic (exact) mass is 428 g/mol. The summed E-state index contributed by atoms with van der Waals surface area (Å²) in [7, 11) is -2.46. The third kappa shape index (κ3) is 3.80. The van der Waals surface area contributed by atoms with Crippen LogP contribution in [0, 0.1) is 0 Å². The molecule has 2 aliphatic heterocycles. The van der Waals surface area contributed by atoms with Gasteiger partial charge >= 0.3 is 6.18 Å². The summed E-state index contributed by atoms with van der Waals surface area (Å²) >= 11 is 0. The van der Waals surface area contributed by atoms with Gasteiger partial charge in [0.25, 0.3) is 0 Å². The topological polar surface area (TPSA) is 58.4 Å². The van der Waals surface area contributed by atoms with Gasteiger partial charge in [-0.25, -0.2) is 8.42 Å². The number of halogens is 3. The molecule has 0 saturated carbocycles. The highest BCUT2D eigenvalue weighted by Gasteiger charge is 2.40. The van der Waals surface area contributed by atoms with Gasteiger partial charge in [-0.2, -0.15) is 22.6 Å². The fraction of sp³-hybridized carbons (Fsp3) is 0.526. The molecule has 0 radical (unpaired) electrons. The first-order chi connectivity index (χ1) is 13.7. The summed E-state index contributed by atoms with van der Waals surface area (Å²) in [6.07, 6.45) is -2.06. The van der Waals surface area contributed by atoms with Crippen molar-refractivity contribution in [1.29, 1.82) is 0 Å². The Morgan fingerprint density at radius 2 is 1.79 bits per heavy atom. The maximum atomic E-state index is 13.4. The lowest BCUT2D eigenvalue weighted by Gasteiger charge is -2.28. The third-order valence-electron chi connectivity index (χ3n) is 5.67. The molecule has 0 atom stereocenters. The van der Waals surface area contributed by atoms with E-state index in [-0.39, 0.29) is 13.1 Å². The highest BCUT2D eigenvalue weighted by atomic mass is 32.2. The van der Waals surface area contributed by atoms with E-state index in [1.54, 1.807) is 4.68 Å². The van der Waals surface area contributed by atoms with Gasteiger partial charge in [-0.05, 0) is 38.1 Å². The average Bonchev–Trinajstić information content (AvgIpc) is 3.29. The van der Waals surface area contributed by atoms with Gasteiger partial charge in [0.15, 0.2) is 0 Å². The molecule has 29 heavy (non-hydrogen) atoms. The van der Waals surface area contributed by atoms with Crippen molar-refractivity contribution in [3.63, 3.8) is 0 Å². The van der Waals surface area contributed by atoms with Gasteiger partial charge < -0.3 is 0 Å². The van der Waals surface area contributed by atoms with Crippen LogP contribution in [0.2, 0.25) is 0 Å². The standard InChI is InChI=1S/C19H23F3N4O2S/c1-24-17-8-11-26(12-14(17)16(23-24)13-25-9-4-5-10-25)29(27,28)18-7-3-2-6-15(18)19(20,21)22/h2-3,6-7H,4-5,8-13H2,1H3. The molecule has 6 nitrogen and oxygen atoms in total. The molecule has 0 bridgehead atoms. The van der Waals surface area contributed by atoms with Crippen LogP contribution in [0.15, 0.2) is 29.2 Å². The van der Waals surface area contributed by atoms with E-state index < -0.39 is 26.7 Å². The number of aryl methyl sites for hydroxylation is 1. The van der Waals surface area contributed by atoms with Crippen LogP contribution in [0.3, 0.4) is 0 Å². The Morgan fingerprint density at radius 3 is 2.48 bits per heavy atom. The summed E-state index contributed by atoms with van der Waals surface area (Å²) in [5.41, 5.74) is 1.45. The number of hydrogen-bond acceptors (Lipinski definition) is 4. The molecule has 158 valence electrons. The molecule has 4 rings (SSSR count). The van der Waals surface area contributed by atoms with Gasteiger partial charge in [0.1, 0.15) is 0 Å². The fourth-order valence-electron chi connectivity index (χ4n) is 4.19. The van der Waals surface area contributed by atoms with Crippen LogP contribution in [0.4, 0.5) is 13.2 Å². The van der Waals surface area contributed by atoms with E-state index in [9.17, 15) is 21.6 Å². The number of rotatable bonds is 4. The second kappa shape index (κ2) is 7.41. The minimum atomic E-state index is -4.74. The van der Waals surface area contributed by atoms with E-state index in [0.29, 0.717) is 13.0 Å². The van der Waals surface area contributed by atoms with Crippen molar-refractivity contribution in [3.05, 3.63) is 46.8 Å². The number of aromatic nitrogens is 2. The zero-order chi connectivity index (χ0) is 20.8.